The molecule has 0 bridgehead atoms. The number of ketones is 1. The van der Waals surface area contributed by atoms with Crippen LogP contribution in [0.4, 0.5) is 0 Å². The molecule has 0 radical (unpaired) electrons. The number of allylic oxidation sites excluding steroid dienone is 1. The summed E-state index contributed by atoms with van der Waals surface area (Å²) in [6, 6.07) is 0. The summed E-state index contributed by atoms with van der Waals surface area (Å²) in [7, 11) is 0. The molecular formula is C21H29NO4. The molecule has 3 saturated carbocycles. The van der Waals surface area contributed by atoms with Gasteiger partial charge in [0, 0.05) is 30.6 Å². The second-order valence-electron chi connectivity index (χ2n) is 9.02. The first-order valence-corrected chi connectivity index (χ1v) is 9.99. The van der Waals surface area contributed by atoms with E-state index < -0.39 is 0 Å². The van der Waals surface area contributed by atoms with Crippen LogP contribution in [0.3, 0.4) is 0 Å². The Balaban J connectivity index is 1.67. The van der Waals surface area contributed by atoms with Crippen LogP contribution >= 0.6 is 0 Å². The molecule has 0 unspecified atom stereocenters. The van der Waals surface area contributed by atoms with Gasteiger partial charge in [0.15, 0.2) is 0 Å². The van der Waals surface area contributed by atoms with E-state index in [1.165, 1.54) is 12.5 Å². The van der Waals surface area contributed by atoms with Gasteiger partial charge in [0.05, 0.1) is 6.21 Å². The van der Waals surface area contributed by atoms with E-state index in [1.54, 1.807) is 6.21 Å². The summed E-state index contributed by atoms with van der Waals surface area (Å²) < 4.78 is 5.47. The predicted molar refractivity (Wildman–Crippen MR) is 96.9 cm³/mol. The average Bonchev–Trinajstić information content (AvgIpc) is 2.90. The number of hydrogen-bond donors (Lipinski definition) is 1. The Labute approximate surface area is 154 Å². The van der Waals surface area contributed by atoms with E-state index in [1.807, 2.05) is 0 Å². The summed E-state index contributed by atoms with van der Waals surface area (Å²) in [5.74, 6) is 1.55. The Morgan fingerprint density at radius 3 is 2.85 bits per heavy atom. The highest BCUT2D eigenvalue weighted by Crippen LogP contribution is 2.63. The van der Waals surface area contributed by atoms with Gasteiger partial charge in [-0.25, -0.2) is 0 Å². The largest absolute Gasteiger partial charge is 0.462 e. The fraction of sp³-hybridized carbons (Fsp3) is 0.762. The summed E-state index contributed by atoms with van der Waals surface area (Å²) >= 11 is 0. The van der Waals surface area contributed by atoms with Crippen molar-refractivity contribution in [3.05, 3.63) is 11.6 Å². The topological polar surface area (TPSA) is 76.0 Å². The van der Waals surface area contributed by atoms with Gasteiger partial charge >= 0.3 is 5.97 Å². The summed E-state index contributed by atoms with van der Waals surface area (Å²) in [5.41, 5.74) is 0.877. The van der Waals surface area contributed by atoms with Gasteiger partial charge in [0.25, 0.3) is 0 Å². The molecule has 0 heterocycles. The van der Waals surface area contributed by atoms with Crippen molar-refractivity contribution < 1.29 is 19.5 Å². The molecule has 142 valence electrons. The van der Waals surface area contributed by atoms with Crippen molar-refractivity contribution in [1.29, 1.82) is 0 Å². The molecule has 4 rings (SSSR count). The zero-order valence-corrected chi connectivity index (χ0v) is 15.7. The van der Waals surface area contributed by atoms with Crippen LogP contribution in [0.1, 0.15) is 65.2 Å². The van der Waals surface area contributed by atoms with E-state index in [9.17, 15) is 14.8 Å². The average molecular weight is 359 g/mol. The van der Waals surface area contributed by atoms with Gasteiger partial charge in [-0.1, -0.05) is 18.6 Å². The van der Waals surface area contributed by atoms with E-state index >= 15 is 0 Å². The van der Waals surface area contributed by atoms with Crippen LogP contribution in [0, 0.1) is 28.6 Å². The lowest BCUT2D eigenvalue weighted by Gasteiger charge is -2.56. The zero-order valence-electron chi connectivity index (χ0n) is 15.7. The predicted octanol–water partition coefficient (Wildman–Crippen LogP) is 3.89. The van der Waals surface area contributed by atoms with Gasteiger partial charge in [-0.2, -0.15) is 0 Å². The first-order chi connectivity index (χ1) is 12.4. The summed E-state index contributed by atoms with van der Waals surface area (Å²) in [6.07, 6.45) is 11.0. The van der Waals surface area contributed by atoms with Crippen molar-refractivity contribution in [3.8, 4) is 0 Å². The Morgan fingerprint density at radius 1 is 1.31 bits per heavy atom. The molecule has 6 atom stereocenters. The quantitative estimate of drug-likeness (QED) is 0.267. The van der Waals surface area contributed by atoms with Crippen molar-refractivity contribution in [2.45, 2.75) is 71.3 Å². The van der Waals surface area contributed by atoms with E-state index in [0.29, 0.717) is 23.5 Å². The van der Waals surface area contributed by atoms with Crippen molar-refractivity contribution in [2.75, 3.05) is 0 Å². The van der Waals surface area contributed by atoms with Crippen LogP contribution < -0.4 is 0 Å². The number of ether oxygens (including phenoxy) is 1. The molecule has 0 aromatic heterocycles. The number of nitrogens with zero attached hydrogens (tertiary/aromatic N) is 1. The maximum Gasteiger partial charge on any atom is 0.302 e. The molecule has 0 aromatic carbocycles. The van der Waals surface area contributed by atoms with E-state index in [2.05, 4.69) is 18.2 Å². The molecule has 0 aliphatic heterocycles. The van der Waals surface area contributed by atoms with E-state index in [0.717, 1.165) is 51.4 Å². The van der Waals surface area contributed by atoms with Crippen molar-refractivity contribution >= 4 is 18.0 Å². The first-order valence-electron chi connectivity index (χ1n) is 9.99. The third kappa shape index (κ3) is 2.46. The van der Waals surface area contributed by atoms with Crippen molar-refractivity contribution in [1.82, 2.24) is 0 Å². The monoisotopic (exact) mass is 359 g/mol. The molecular weight excluding hydrogens is 330 g/mol. The third-order valence-electron chi connectivity index (χ3n) is 7.99. The van der Waals surface area contributed by atoms with Crippen LogP contribution in [-0.4, -0.2) is 29.3 Å². The number of oxime groups is 1. The normalized spacial score (nSPS) is 44.8. The molecule has 26 heavy (non-hydrogen) atoms. The summed E-state index contributed by atoms with van der Waals surface area (Å²) in [5, 5.41) is 12.9. The number of hydrogen-bond acceptors (Lipinski definition) is 5. The molecule has 4 aliphatic carbocycles. The van der Waals surface area contributed by atoms with Gasteiger partial charge < -0.3 is 9.94 Å². The second-order valence-corrected chi connectivity index (χ2v) is 9.02. The maximum absolute atomic E-state index is 12.5. The van der Waals surface area contributed by atoms with E-state index in [-0.39, 0.29) is 22.9 Å². The SMILES string of the molecule is CC(=O)O[C@@H]1CC[C@@]2(/C=N\O)C(=CC[C@@H]3[C@H]4CCC(=O)[C@]4(C)CC[C@H]32)C1. The number of esters is 1. The van der Waals surface area contributed by atoms with Crippen molar-refractivity contribution in [3.63, 3.8) is 0 Å². The van der Waals surface area contributed by atoms with Gasteiger partial charge in [-0.05, 0) is 56.3 Å². The highest BCUT2D eigenvalue weighted by molar-refractivity contribution is 5.87. The molecule has 0 amide bonds. The molecule has 0 aromatic rings. The Kier molecular flexibility index (Phi) is 4.24. The highest BCUT2D eigenvalue weighted by Gasteiger charge is 2.59. The molecule has 0 saturated heterocycles. The number of carbonyl (C=O) groups excluding carboxylic acids is 2. The van der Waals surface area contributed by atoms with Crippen LogP contribution in [0.25, 0.3) is 0 Å². The van der Waals surface area contributed by atoms with Crippen LogP contribution in [0.5, 0.6) is 0 Å². The number of fused-ring (bicyclic) bond motifs is 5. The summed E-state index contributed by atoms with van der Waals surface area (Å²) in [6.45, 7) is 3.63. The lowest BCUT2D eigenvalue weighted by atomic mass is 9.48. The molecule has 5 heteroatoms. The first kappa shape index (κ1) is 17.7. The highest BCUT2D eigenvalue weighted by atomic mass is 16.5. The smallest absolute Gasteiger partial charge is 0.302 e. The minimum atomic E-state index is -0.235. The van der Waals surface area contributed by atoms with Crippen LogP contribution in [0.2, 0.25) is 0 Å². The number of carbonyl (C=O) groups is 2. The van der Waals surface area contributed by atoms with Crippen LogP contribution in [0.15, 0.2) is 16.8 Å². The van der Waals surface area contributed by atoms with E-state index in [4.69, 9.17) is 4.74 Å². The van der Waals surface area contributed by atoms with Gasteiger partial charge in [0.2, 0.25) is 0 Å². The number of rotatable bonds is 2. The van der Waals surface area contributed by atoms with Gasteiger partial charge in [0.1, 0.15) is 11.9 Å². The van der Waals surface area contributed by atoms with Gasteiger partial charge in [-0.3, -0.25) is 9.59 Å². The maximum atomic E-state index is 12.5. The Bertz CT molecular complexity index is 683. The standard InChI is InChI=1S/C21H29NO4/c1-13(23)26-15-7-10-21(12-22-25)14(11-15)3-4-16-17-5-6-19(24)20(17,2)9-8-18(16)21/h3,12,15-18,25H,4-11H2,1-2H3/b22-12-/t15-,16-,17-,18-,20-,21-/m1/s1. The molecule has 1 N–H and O–H groups in total. The zero-order chi connectivity index (χ0) is 18.5. The summed E-state index contributed by atoms with van der Waals surface area (Å²) in [4.78, 5) is 23.9. The lowest BCUT2D eigenvalue weighted by Crippen LogP contribution is -2.52. The minimum Gasteiger partial charge on any atom is -0.462 e. The Morgan fingerprint density at radius 2 is 2.12 bits per heavy atom. The number of Topliss-reactive ketones (excluding diaryl/α,β-unsaturated/α-hetero) is 1. The van der Waals surface area contributed by atoms with Crippen LogP contribution in [-0.2, 0) is 14.3 Å². The van der Waals surface area contributed by atoms with Crippen molar-refractivity contribution in [2.24, 2.45) is 33.7 Å². The Hall–Kier alpha value is -1.65. The molecule has 3 fully saturated rings. The lowest BCUT2D eigenvalue weighted by molar-refractivity contribution is -0.148. The molecule has 4 aliphatic rings. The fourth-order valence-electron chi connectivity index (χ4n) is 6.78. The molecule has 5 nitrogen and oxygen atoms in total. The van der Waals surface area contributed by atoms with Gasteiger partial charge in [-0.15, -0.1) is 5.16 Å². The second kappa shape index (κ2) is 6.21. The molecule has 0 spiro atoms. The fourth-order valence-corrected chi connectivity index (χ4v) is 6.78. The minimum absolute atomic E-state index is 0.0718. The third-order valence-corrected chi connectivity index (χ3v) is 7.99.